The highest BCUT2D eigenvalue weighted by atomic mass is 14.8. The Hall–Kier alpha value is -2.42. The van der Waals surface area contributed by atoms with Crippen LogP contribution in [0.25, 0.3) is 5.70 Å². The van der Waals surface area contributed by atoms with Gasteiger partial charge in [-0.05, 0) is 31.0 Å². The third kappa shape index (κ3) is 3.86. The van der Waals surface area contributed by atoms with E-state index in [0.29, 0.717) is 17.3 Å². The first-order valence-electron chi connectivity index (χ1n) is 8.29. The number of pyridine rings is 1. The number of nitrogens with two attached hydrogens (primary N) is 1. The van der Waals surface area contributed by atoms with E-state index in [4.69, 9.17) is 10.7 Å². The summed E-state index contributed by atoms with van der Waals surface area (Å²) in [6.07, 6.45) is 8.21. The summed E-state index contributed by atoms with van der Waals surface area (Å²) < 4.78 is 0. The van der Waals surface area contributed by atoms with E-state index < -0.39 is 0 Å². The number of anilines is 1. The molecular formula is C20H23N3. The number of hydrogen-bond donors (Lipinski definition) is 1. The SMILES string of the molecule is C=C(/N=C\c1ccccc1N)c1cccc(C2CCCCC2)n1. The van der Waals surface area contributed by atoms with Gasteiger partial charge in [-0.3, -0.25) is 9.98 Å². The number of aromatic nitrogens is 1. The van der Waals surface area contributed by atoms with Crippen molar-refractivity contribution in [3.63, 3.8) is 0 Å². The summed E-state index contributed by atoms with van der Waals surface area (Å²) in [7, 11) is 0. The zero-order valence-electron chi connectivity index (χ0n) is 13.4. The Morgan fingerprint density at radius 1 is 1.09 bits per heavy atom. The highest BCUT2D eigenvalue weighted by molar-refractivity contribution is 5.89. The predicted molar refractivity (Wildman–Crippen MR) is 97.5 cm³/mol. The number of aliphatic imine (C=N–C) groups is 1. The lowest BCUT2D eigenvalue weighted by Gasteiger charge is -2.21. The first-order valence-corrected chi connectivity index (χ1v) is 8.29. The van der Waals surface area contributed by atoms with Crippen molar-refractivity contribution in [2.24, 2.45) is 4.99 Å². The Labute approximate surface area is 138 Å². The van der Waals surface area contributed by atoms with E-state index in [1.165, 1.54) is 37.8 Å². The largest absolute Gasteiger partial charge is 0.398 e. The molecule has 0 radical (unpaired) electrons. The topological polar surface area (TPSA) is 51.3 Å². The average molecular weight is 305 g/mol. The van der Waals surface area contributed by atoms with Gasteiger partial charge < -0.3 is 5.73 Å². The van der Waals surface area contributed by atoms with Crippen LogP contribution in [0.5, 0.6) is 0 Å². The van der Waals surface area contributed by atoms with Crippen LogP contribution >= 0.6 is 0 Å². The summed E-state index contributed by atoms with van der Waals surface area (Å²) in [5.74, 6) is 0.588. The number of rotatable bonds is 4. The highest BCUT2D eigenvalue weighted by Crippen LogP contribution is 2.32. The van der Waals surface area contributed by atoms with E-state index in [9.17, 15) is 0 Å². The van der Waals surface area contributed by atoms with Crippen molar-refractivity contribution in [3.05, 3.63) is 66.0 Å². The van der Waals surface area contributed by atoms with Gasteiger partial charge in [-0.15, -0.1) is 0 Å². The molecule has 1 heterocycles. The van der Waals surface area contributed by atoms with Crippen molar-refractivity contribution >= 4 is 17.6 Å². The van der Waals surface area contributed by atoms with Gasteiger partial charge in [-0.2, -0.15) is 0 Å². The molecule has 1 aliphatic rings. The molecule has 3 rings (SSSR count). The smallest absolute Gasteiger partial charge is 0.0883 e. The van der Waals surface area contributed by atoms with E-state index in [0.717, 1.165) is 11.3 Å². The number of benzene rings is 1. The maximum atomic E-state index is 5.93. The second-order valence-corrected chi connectivity index (χ2v) is 6.12. The molecule has 0 spiro atoms. The van der Waals surface area contributed by atoms with Gasteiger partial charge >= 0.3 is 0 Å². The summed E-state index contributed by atoms with van der Waals surface area (Å²) in [5, 5.41) is 0. The van der Waals surface area contributed by atoms with Gasteiger partial charge in [0.15, 0.2) is 0 Å². The molecule has 1 aromatic heterocycles. The molecule has 2 aromatic rings. The van der Waals surface area contributed by atoms with Crippen molar-refractivity contribution in [2.45, 2.75) is 38.0 Å². The zero-order chi connectivity index (χ0) is 16.1. The summed E-state index contributed by atoms with van der Waals surface area (Å²) in [5.41, 5.74) is 10.2. The molecule has 1 fully saturated rings. The fraction of sp³-hybridized carbons (Fsp3) is 0.300. The van der Waals surface area contributed by atoms with Gasteiger partial charge in [0.05, 0.1) is 11.4 Å². The minimum absolute atomic E-state index is 0.588. The Morgan fingerprint density at radius 3 is 2.65 bits per heavy atom. The van der Waals surface area contributed by atoms with Gasteiger partial charge in [-0.25, -0.2) is 0 Å². The number of nitrogens with zero attached hydrogens (tertiary/aromatic N) is 2. The molecule has 1 aliphatic carbocycles. The van der Waals surface area contributed by atoms with Crippen molar-refractivity contribution in [3.8, 4) is 0 Å². The molecule has 0 amide bonds. The maximum Gasteiger partial charge on any atom is 0.0883 e. The third-order valence-corrected chi connectivity index (χ3v) is 4.45. The molecule has 23 heavy (non-hydrogen) atoms. The Bertz CT molecular complexity index is 712. The van der Waals surface area contributed by atoms with Gasteiger partial charge in [0.25, 0.3) is 0 Å². The highest BCUT2D eigenvalue weighted by Gasteiger charge is 2.17. The monoisotopic (exact) mass is 305 g/mol. The molecule has 2 N–H and O–H groups in total. The van der Waals surface area contributed by atoms with E-state index in [1.807, 2.05) is 30.3 Å². The zero-order valence-corrected chi connectivity index (χ0v) is 13.4. The quantitative estimate of drug-likeness (QED) is 0.651. The first kappa shape index (κ1) is 15.5. The van der Waals surface area contributed by atoms with Crippen LogP contribution in [0.3, 0.4) is 0 Å². The normalized spacial score (nSPS) is 15.8. The summed E-state index contributed by atoms with van der Waals surface area (Å²) in [6, 6.07) is 13.8. The Morgan fingerprint density at radius 2 is 1.87 bits per heavy atom. The van der Waals surface area contributed by atoms with E-state index >= 15 is 0 Å². The molecule has 0 atom stereocenters. The minimum atomic E-state index is 0.588. The number of nitrogen functional groups attached to an aromatic ring is 1. The summed E-state index contributed by atoms with van der Waals surface area (Å²) >= 11 is 0. The van der Waals surface area contributed by atoms with Crippen LogP contribution < -0.4 is 5.73 Å². The molecule has 1 saturated carbocycles. The first-order chi connectivity index (χ1) is 11.2. The van der Waals surface area contributed by atoms with Gasteiger partial charge in [0, 0.05) is 29.1 Å². The lowest BCUT2D eigenvalue weighted by molar-refractivity contribution is 0.436. The van der Waals surface area contributed by atoms with E-state index in [2.05, 4.69) is 23.7 Å². The lowest BCUT2D eigenvalue weighted by Crippen LogP contribution is -2.07. The molecule has 0 unspecified atom stereocenters. The molecule has 118 valence electrons. The van der Waals surface area contributed by atoms with Gasteiger partial charge in [0.1, 0.15) is 0 Å². The third-order valence-electron chi connectivity index (χ3n) is 4.45. The number of para-hydroxylation sites is 1. The van der Waals surface area contributed by atoms with Crippen LogP contribution in [-0.4, -0.2) is 11.2 Å². The second kappa shape index (κ2) is 7.23. The van der Waals surface area contributed by atoms with Crippen LogP contribution in [0.2, 0.25) is 0 Å². The van der Waals surface area contributed by atoms with Crippen molar-refractivity contribution in [1.29, 1.82) is 0 Å². The van der Waals surface area contributed by atoms with Crippen LogP contribution in [0.15, 0.2) is 54.0 Å². The molecule has 3 heteroatoms. The van der Waals surface area contributed by atoms with Crippen LogP contribution in [0, 0.1) is 0 Å². The Kier molecular flexibility index (Phi) is 4.86. The molecule has 0 saturated heterocycles. The van der Waals surface area contributed by atoms with Crippen LogP contribution in [0.1, 0.15) is 55.0 Å². The van der Waals surface area contributed by atoms with Crippen LogP contribution in [0.4, 0.5) is 5.69 Å². The average Bonchev–Trinajstić information content (AvgIpc) is 2.62. The fourth-order valence-electron chi connectivity index (χ4n) is 3.08. The maximum absolute atomic E-state index is 5.93. The standard InChI is InChI=1S/C20H23N3/c1-15(22-14-17-10-5-6-11-18(17)21)19-12-7-13-20(23-19)16-8-3-2-4-9-16/h5-7,10-14,16H,1-4,8-9,21H2/b22-14-. The fourth-order valence-corrected chi connectivity index (χ4v) is 3.08. The predicted octanol–water partition coefficient (Wildman–Crippen LogP) is 4.80. The lowest BCUT2D eigenvalue weighted by atomic mass is 9.86. The van der Waals surface area contributed by atoms with E-state index in [-0.39, 0.29) is 0 Å². The van der Waals surface area contributed by atoms with E-state index in [1.54, 1.807) is 6.21 Å². The molecule has 0 aliphatic heterocycles. The summed E-state index contributed by atoms with van der Waals surface area (Å²) in [6.45, 7) is 4.05. The molecule has 0 bridgehead atoms. The molecule has 3 nitrogen and oxygen atoms in total. The minimum Gasteiger partial charge on any atom is -0.398 e. The second-order valence-electron chi connectivity index (χ2n) is 6.12. The van der Waals surface area contributed by atoms with Crippen molar-refractivity contribution in [1.82, 2.24) is 4.98 Å². The van der Waals surface area contributed by atoms with Gasteiger partial charge in [-0.1, -0.05) is 50.1 Å². The summed E-state index contributed by atoms with van der Waals surface area (Å²) in [4.78, 5) is 9.24. The van der Waals surface area contributed by atoms with Crippen LogP contribution in [-0.2, 0) is 0 Å². The molecule has 1 aromatic carbocycles. The van der Waals surface area contributed by atoms with Crippen molar-refractivity contribution < 1.29 is 0 Å². The Balaban J connectivity index is 1.76. The number of hydrogen-bond acceptors (Lipinski definition) is 3. The van der Waals surface area contributed by atoms with Crippen molar-refractivity contribution in [2.75, 3.05) is 5.73 Å². The molecular weight excluding hydrogens is 282 g/mol. The van der Waals surface area contributed by atoms with Gasteiger partial charge in [0.2, 0.25) is 0 Å².